The molecule has 1 rings (SSSR count). The third kappa shape index (κ3) is 6.11. The van der Waals surface area contributed by atoms with E-state index in [1.165, 1.54) is 24.1 Å². The summed E-state index contributed by atoms with van der Waals surface area (Å²) in [6, 6.07) is 3.32. The molecule has 0 aliphatic rings. The highest BCUT2D eigenvalue weighted by Crippen LogP contribution is 2.29. The SMILES string of the molecule is CC(C)(C)SNC(CCCCl)c1cc(F)ccc1F. The molecule has 0 aliphatic heterocycles. The van der Waals surface area contributed by atoms with Crippen molar-refractivity contribution < 1.29 is 8.78 Å². The van der Waals surface area contributed by atoms with Gasteiger partial charge in [0.1, 0.15) is 11.6 Å². The lowest BCUT2D eigenvalue weighted by atomic mass is 10.0. The third-order valence-corrected chi connectivity index (χ3v) is 3.75. The molecule has 0 fully saturated rings. The third-order valence-electron chi connectivity index (χ3n) is 2.47. The molecule has 1 aromatic rings. The molecular formula is C14H20ClF2NS. The van der Waals surface area contributed by atoms with Gasteiger partial charge in [0, 0.05) is 22.2 Å². The van der Waals surface area contributed by atoms with E-state index >= 15 is 0 Å². The first-order valence-corrected chi connectivity index (χ1v) is 7.63. The Balaban J connectivity index is 2.85. The number of benzene rings is 1. The molecule has 1 N–H and O–H groups in total. The van der Waals surface area contributed by atoms with Crippen LogP contribution in [0.25, 0.3) is 0 Å². The molecule has 1 unspecified atom stereocenters. The van der Waals surface area contributed by atoms with Crippen molar-refractivity contribution in [3.8, 4) is 0 Å². The van der Waals surface area contributed by atoms with Crippen molar-refractivity contribution in [2.75, 3.05) is 5.88 Å². The topological polar surface area (TPSA) is 12.0 Å². The lowest BCUT2D eigenvalue weighted by Crippen LogP contribution is -2.22. The van der Waals surface area contributed by atoms with Gasteiger partial charge in [0.2, 0.25) is 0 Å². The van der Waals surface area contributed by atoms with Crippen LogP contribution in [0.5, 0.6) is 0 Å². The zero-order valence-corrected chi connectivity index (χ0v) is 13.0. The number of rotatable bonds is 6. The number of hydrogen-bond acceptors (Lipinski definition) is 2. The minimum absolute atomic E-state index is 0.00299. The van der Waals surface area contributed by atoms with Crippen LogP contribution in [0.4, 0.5) is 8.78 Å². The van der Waals surface area contributed by atoms with Crippen LogP contribution in [-0.2, 0) is 0 Å². The highest BCUT2D eigenvalue weighted by Gasteiger charge is 2.19. The van der Waals surface area contributed by atoms with Crippen LogP contribution in [0, 0.1) is 11.6 Å². The Morgan fingerprint density at radius 2 is 2.00 bits per heavy atom. The fourth-order valence-corrected chi connectivity index (χ4v) is 2.48. The Bertz CT molecular complexity index is 407. The summed E-state index contributed by atoms with van der Waals surface area (Å²) >= 11 is 7.21. The molecule has 0 saturated heterocycles. The molecule has 0 bridgehead atoms. The van der Waals surface area contributed by atoms with E-state index in [0.29, 0.717) is 17.9 Å². The predicted octanol–water partition coefficient (Wildman–Crippen LogP) is 5.06. The Morgan fingerprint density at radius 1 is 1.32 bits per heavy atom. The fourth-order valence-electron chi connectivity index (χ4n) is 1.59. The van der Waals surface area contributed by atoms with Crippen molar-refractivity contribution in [1.82, 2.24) is 4.72 Å². The van der Waals surface area contributed by atoms with E-state index in [-0.39, 0.29) is 16.6 Å². The molecule has 19 heavy (non-hydrogen) atoms. The van der Waals surface area contributed by atoms with E-state index in [4.69, 9.17) is 11.6 Å². The van der Waals surface area contributed by atoms with Crippen molar-refractivity contribution in [2.45, 2.75) is 44.4 Å². The number of alkyl halides is 1. The van der Waals surface area contributed by atoms with Crippen molar-refractivity contribution in [3.63, 3.8) is 0 Å². The summed E-state index contributed by atoms with van der Waals surface area (Å²) in [5.41, 5.74) is 0.363. The average Bonchev–Trinajstić information content (AvgIpc) is 2.32. The summed E-state index contributed by atoms with van der Waals surface area (Å²) in [5, 5.41) is 0. The fraction of sp³-hybridized carbons (Fsp3) is 0.571. The quantitative estimate of drug-likeness (QED) is 0.582. The van der Waals surface area contributed by atoms with Gasteiger partial charge in [0.15, 0.2) is 0 Å². The maximum atomic E-state index is 13.8. The number of nitrogens with one attached hydrogen (secondary N) is 1. The summed E-state index contributed by atoms with van der Waals surface area (Å²) in [5.74, 6) is -0.298. The number of hydrogen-bond donors (Lipinski definition) is 1. The van der Waals surface area contributed by atoms with Crippen molar-refractivity contribution in [3.05, 3.63) is 35.4 Å². The maximum absolute atomic E-state index is 13.8. The van der Waals surface area contributed by atoms with Gasteiger partial charge in [-0.05, 0) is 51.8 Å². The standard InChI is InChI=1S/C14H20ClF2NS/c1-14(2,3)19-18-13(5-4-8-15)11-9-10(16)6-7-12(11)17/h6-7,9,13,18H,4-5,8H2,1-3H3. The Labute approximate surface area is 123 Å². The van der Waals surface area contributed by atoms with E-state index < -0.39 is 5.82 Å². The van der Waals surface area contributed by atoms with E-state index in [9.17, 15) is 8.78 Å². The minimum Gasteiger partial charge on any atom is -0.256 e. The minimum atomic E-state index is -0.421. The Morgan fingerprint density at radius 3 is 2.58 bits per heavy atom. The van der Waals surface area contributed by atoms with Crippen molar-refractivity contribution in [2.24, 2.45) is 0 Å². The molecule has 1 atom stereocenters. The lowest BCUT2D eigenvalue weighted by molar-refractivity contribution is 0.528. The molecule has 0 aliphatic carbocycles. The van der Waals surface area contributed by atoms with Gasteiger partial charge >= 0.3 is 0 Å². The highest BCUT2D eigenvalue weighted by molar-refractivity contribution is 7.98. The summed E-state index contributed by atoms with van der Waals surface area (Å²) in [6.45, 7) is 6.18. The van der Waals surface area contributed by atoms with Gasteiger partial charge in [-0.3, -0.25) is 4.72 Å². The van der Waals surface area contributed by atoms with Crippen molar-refractivity contribution in [1.29, 1.82) is 0 Å². The largest absolute Gasteiger partial charge is 0.256 e. The van der Waals surface area contributed by atoms with Crippen LogP contribution in [0.1, 0.15) is 45.2 Å². The molecule has 0 aromatic heterocycles. The van der Waals surface area contributed by atoms with Crippen LogP contribution in [-0.4, -0.2) is 10.6 Å². The second-order valence-electron chi connectivity index (χ2n) is 5.38. The van der Waals surface area contributed by atoms with Gasteiger partial charge in [0.25, 0.3) is 0 Å². The number of halogens is 3. The summed E-state index contributed by atoms with van der Waals surface area (Å²) in [4.78, 5) is 0. The summed E-state index contributed by atoms with van der Waals surface area (Å²) in [6.07, 6.45) is 1.42. The lowest BCUT2D eigenvalue weighted by Gasteiger charge is -2.24. The molecule has 0 heterocycles. The first kappa shape index (κ1) is 16.7. The average molecular weight is 308 g/mol. The van der Waals surface area contributed by atoms with Crippen molar-refractivity contribution >= 4 is 23.5 Å². The molecule has 1 aromatic carbocycles. The van der Waals surface area contributed by atoms with Crippen LogP contribution in [0.2, 0.25) is 0 Å². The van der Waals surface area contributed by atoms with Gasteiger partial charge in [-0.1, -0.05) is 11.9 Å². The van der Waals surface area contributed by atoms with Gasteiger partial charge in [-0.2, -0.15) is 0 Å². The maximum Gasteiger partial charge on any atom is 0.128 e. The van der Waals surface area contributed by atoms with Gasteiger partial charge in [-0.25, -0.2) is 8.78 Å². The van der Waals surface area contributed by atoms with E-state index in [1.807, 2.05) is 0 Å². The zero-order valence-electron chi connectivity index (χ0n) is 11.5. The summed E-state index contributed by atoms with van der Waals surface area (Å²) in [7, 11) is 0. The molecule has 0 saturated carbocycles. The van der Waals surface area contributed by atoms with E-state index in [0.717, 1.165) is 12.5 Å². The second kappa shape index (κ2) is 7.46. The smallest absolute Gasteiger partial charge is 0.128 e. The molecule has 108 valence electrons. The Hall–Kier alpha value is -0.320. The molecule has 1 nitrogen and oxygen atoms in total. The first-order chi connectivity index (χ1) is 8.83. The van der Waals surface area contributed by atoms with E-state index in [1.54, 1.807) is 0 Å². The molecule has 0 amide bonds. The normalized spacial score (nSPS) is 13.6. The highest BCUT2D eigenvalue weighted by atomic mass is 35.5. The molecule has 5 heteroatoms. The molecule has 0 radical (unpaired) electrons. The van der Waals surface area contributed by atoms with Gasteiger partial charge in [0.05, 0.1) is 0 Å². The Kier molecular flexibility index (Phi) is 6.57. The predicted molar refractivity (Wildman–Crippen MR) is 79.5 cm³/mol. The van der Waals surface area contributed by atoms with Gasteiger partial charge in [-0.15, -0.1) is 11.6 Å². The monoisotopic (exact) mass is 307 g/mol. The van der Waals surface area contributed by atoms with Crippen LogP contribution < -0.4 is 4.72 Å². The first-order valence-electron chi connectivity index (χ1n) is 6.28. The van der Waals surface area contributed by atoms with Crippen LogP contribution >= 0.6 is 23.5 Å². The summed E-state index contributed by atoms with van der Waals surface area (Å²) < 4.78 is 30.3. The van der Waals surface area contributed by atoms with E-state index in [2.05, 4.69) is 25.5 Å². The van der Waals surface area contributed by atoms with Crippen LogP contribution in [0.15, 0.2) is 18.2 Å². The van der Waals surface area contributed by atoms with Gasteiger partial charge < -0.3 is 0 Å². The van der Waals surface area contributed by atoms with Crippen LogP contribution in [0.3, 0.4) is 0 Å². The molecule has 0 spiro atoms. The second-order valence-corrected chi connectivity index (χ2v) is 7.42. The zero-order chi connectivity index (χ0) is 14.5. The molecular weight excluding hydrogens is 288 g/mol.